The Morgan fingerprint density at radius 3 is 2.28 bits per heavy atom. The number of rotatable bonds is 3. The van der Waals surface area contributed by atoms with Crippen LogP contribution < -0.4 is 11.3 Å². The van der Waals surface area contributed by atoms with Crippen molar-refractivity contribution in [3.8, 4) is 0 Å². The zero-order valence-corrected chi connectivity index (χ0v) is 13.4. The van der Waals surface area contributed by atoms with Gasteiger partial charge in [-0.1, -0.05) is 39.5 Å². The number of nitrogens with one attached hydrogen (secondary N) is 1. The molecule has 2 nitrogen and oxygen atoms in total. The molecule has 1 aliphatic heterocycles. The summed E-state index contributed by atoms with van der Waals surface area (Å²) in [7, 11) is 0. The molecule has 3 N–H and O–H groups in total. The van der Waals surface area contributed by atoms with Gasteiger partial charge in [0.15, 0.2) is 0 Å². The van der Waals surface area contributed by atoms with E-state index in [-0.39, 0.29) is 0 Å². The van der Waals surface area contributed by atoms with Gasteiger partial charge in [0.1, 0.15) is 0 Å². The van der Waals surface area contributed by atoms with Gasteiger partial charge >= 0.3 is 0 Å². The Balaban J connectivity index is 1.94. The van der Waals surface area contributed by atoms with Crippen LogP contribution in [-0.2, 0) is 0 Å². The highest BCUT2D eigenvalue weighted by atomic mass is 32.2. The smallest absolute Gasteiger partial charge is 0.0365 e. The third-order valence-corrected chi connectivity index (χ3v) is 8.09. The van der Waals surface area contributed by atoms with E-state index >= 15 is 0 Å². The zero-order chi connectivity index (χ0) is 13.0. The lowest BCUT2D eigenvalue weighted by molar-refractivity contribution is 0.321. The average molecular weight is 289 g/mol. The predicted molar refractivity (Wildman–Crippen MR) is 85.1 cm³/mol. The van der Waals surface area contributed by atoms with Gasteiger partial charge in [-0.3, -0.25) is 11.3 Å². The fraction of sp³-hybridized carbons (Fsp3) is 1.00. The molecule has 0 aromatic carbocycles. The minimum absolute atomic E-state index is 0.524. The summed E-state index contributed by atoms with van der Waals surface area (Å²) in [5.74, 6) is 7.96. The minimum Gasteiger partial charge on any atom is -0.271 e. The van der Waals surface area contributed by atoms with Gasteiger partial charge in [-0.25, -0.2) is 0 Å². The fourth-order valence-corrected chi connectivity index (χ4v) is 6.41. The summed E-state index contributed by atoms with van der Waals surface area (Å²) in [4.78, 5) is 0. The van der Waals surface area contributed by atoms with Crippen LogP contribution in [0.2, 0.25) is 0 Å². The standard InChI is InChI=1S/C14H28N2S2/c1-10-11(2)18-13(9-17-10)14(16-15)12-7-5-3-4-6-8-12/h10-14,16H,3-9,15H2,1-2H3. The highest BCUT2D eigenvalue weighted by Crippen LogP contribution is 2.40. The maximum atomic E-state index is 5.89. The molecule has 1 aliphatic carbocycles. The Bertz CT molecular complexity index is 242. The largest absolute Gasteiger partial charge is 0.271 e. The molecule has 18 heavy (non-hydrogen) atoms. The van der Waals surface area contributed by atoms with Gasteiger partial charge < -0.3 is 0 Å². The van der Waals surface area contributed by atoms with Crippen molar-refractivity contribution in [1.82, 2.24) is 5.43 Å². The molecule has 4 atom stereocenters. The van der Waals surface area contributed by atoms with E-state index in [1.807, 2.05) is 0 Å². The highest BCUT2D eigenvalue weighted by molar-refractivity contribution is 8.07. The lowest BCUT2D eigenvalue weighted by atomic mass is 9.90. The molecular formula is C14H28N2S2. The van der Waals surface area contributed by atoms with Crippen molar-refractivity contribution in [3.63, 3.8) is 0 Å². The van der Waals surface area contributed by atoms with E-state index in [1.54, 1.807) is 0 Å². The van der Waals surface area contributed by atoms with E-state index in [0.29, 0.717) is 11.3 Å². The zero-order valence-electron chi connectivity index (χ0n) is 11.7. The van der Waals surface area contributed by atoms with Crippen molar-refractivity contribution >= 4 is 23.5 Å². The van der Waals surface area contributed by atoms with Crippen LogP contribution >= 0.6 is 23.5 Å². The topological polar surface area (TPSA) is 38.0 Å². The van der Waals surface area contributed by atoms with Crippen LogP contribution in [0.25, 0.3) is 0 Å². The van der Waals surface area contributed by atoms with Crippen LogP contribution in [0.1, 0.15) is 52.4 Å². The molecule has 1 saturated carbocycles. The van der Waals surface area contributed by atoms with E-state index < -0.39 is 0 Å². The van der Waals surface area contributed by atoms with Gasteiger partial charge in [-0.15, -0.1) is 0 Å². The summed E-state index contributed by atoms with van der Waals surface area (Å²) in [6, 6.07) is 0.524. The Kier molecular flexibility index (Phi) is 6.19. The predicted octanol–water partition coefficient (Wildman–Crippen LogP) is 3.41. The molecule has 4 heteroatoms. The fourth-order valence-electron chi connectivity index (χ4n) is 3.21. The Morgan fingerprint density at radius 2 is 1.72 bits per heavy atom. The molecule has 0 spiro atoms. The molecule has 4 unspecified atom stereocenters. The summed E-state index contributed by atoms with van der Waals surface area (Å²) in [6.45, 7) is 4.73. The van der Waals surface area contributed by atoms with Crippen molar-refractivity contribution in [3.05, 3.63) is 0 Å². The van der Waals surface area contributed by atoms with Gasteiger partial charge in [-0.05, 0) is 18.8 Å². The quantitative estimate of drug-likeness (QED) is 0.474. The molecule has 0 aromatic heterocycles. The molecular weight excluding hydrogens is 260 g/mol. The molecule has 0 amide bonds. The number of hydrogen-bond donors (Lipinski definition) is 2. The van der Waals surface area contributed by atoms with Crippen LogP contribution in [-0.4, -0.2) is 27.5 Å². The Morgan fingerprint density at radius 1 is 1.06 bits per heavy atom. The van der Waals surface area contributed by atoms with E-state index in [1.165, 1.54) is 44.3 Å². The van der Waals surface area contributed by atoms with Crippen molar-refractivity contribution in [2.75, 3.05) is 5.75 Å². The average Bonchev–Trinajstić information content (AvgIpc) is 2.64. The summed E-state index contributed by atoms with van der Waals surface area (Å²) < 4.78 is 0. The molecule has 2 aliphatic rings. The SMILES string of the molecule is CC1SCC(C(NN)C2CCCCCC2)SC1C. The van der Waals surface area contributed by atoms with Gasteiger partial charge in [0, 0.05) is 27.5 Å². The first-order chi connectivity index (χ1) is 8.72. The lowest BCUT2D eigenvalue weighted by Crippen LogP contribution is -2.50. The first kappa shape index (κ1) is 15.0. The molecule has 1 heterocycles. The van der Waals surface area contributed by atoms with Gasteiger partial charge in [0.05, 0.1) is 0 Å². The maximum Gasteiger partial charge on any atom is 0.0365 e. The number of nitrogens with two attached hydrogens (primary N) is 1. The minimum atomic E-state index is 0.524. The lowest BCUT2D eigenvalue weighted by Gasteiger charge is -2.38. The van der Waals surface area contributed by atoms with Crippen LogP contribution in [0, 0.1) is 5.92 Å². The first-order valence-corrected chi connectivity index (χ1v) is 9.44. The molecule has 2 rings (SSSR count). The van der Waals surface area contributed by atoms with E-state index in [9.17, 15) is 0 Å². The van der Waals surface area contributed by atoms with E-state index in [2.05, 4.69) is 42.8 Å². The number of hydrazine groups is 1. The Labute approximate surface area is 121 Å². The molecule has 0 bridgehead atoms. The second-order valence-corrected chi connectivity index (χ2v) is 8.89. The van der Waals surface area contributed by atoms with Crippen LogP contribution in [0.3, 0.4) is 0 Å². The highest BCUT2D eigenvalue weighted by Gasteiger charge is 2.34. The summed E-state index contributed by atoms with van der Waals surface area (Å²) >= 11 is 4.30. The first-order valence-electron chi connectivity index (χ1n) is 7.45. The summed E-state index contributed by atoms with van der Waals surface area (Å²) in [5, 5.41) is 2.25. The Hall–Kier alpha value is 0.620. The van der Waals surface area contributed by atoms with Crippen LogP contribution in [0.15, 0.2) is 0 Å². The van der Waals surface area contributed by atoms with Gasteiger partial charge in [-0.2, -0.15) is 23.5 Å². The molecule has 2 fully saturated rings. The van der Waals surface area contributed by atoms with Crippen LogP contribution in [0.4, 0.5) is 0 Å². The second kappa shape index (κ2) is 7.41. The number of hydrogen-bond acceptors (Lipinski definition) is 4. The van der Waals surface area contributed by atoms with E-state index in [0.717, 1.165) is 16.4 Å². The van der Waals surface area contributed by atoms with Gasteiger partial charge in [0.2, 0.25) is 0 Å². The molecule has 106 valence electrons. The maximum absolute atomic E-state index is 5.89. The van der Waals surface area contributed by atoms with Crippen molar-refractivity contribution in [2.45, 2.75) is 74.2 Å². The molecule has 0 aromatic rings. The monoisotopic (exact) mass is 288 g/mol. The summed E-state index contributed by atoms with van der Waals surface area (Å²) in [5.41, 5.74) is 3.17. The second-order valence-electron chi connectivity index (χ2n) is 5.86. The number of thioether (sulfide) groups is 2. The van der Waals surface area contributed by atoms with Crippen LogP contribution in [0.5, 0.6) is 0 Å². The van der Waals surface area contributed by atoms with E-state index in [4.69, 9.17) is 5.84 Å². The molecule has 0 radical (unpaired) electrons. The third-order valence-electron chi connectivity index (χ3n) is 4.57. The van der Waals surface area contributed by atoms with Crippen molar-refractivity contribution in [1.29, 1.82) is 0 Å². The summed E-state index contributed by atoms with van der Waals surface area (Å²) in [6.07, 6.45) is 8.40. The van der Waals surface area contributed by atoms with Crippen molar-refractivity contribution < 1.29 is 0 Å². The molecule has 1 saturated heterocycles. The van der Waals surface area contributed by atoms with Gasteiger partial charge in [0.25, 0.3) is 0 Å². The van der Waals surface area contributed by atoms with Crippen molar-refractivity contribution in [2.24, 2.45) is 11.8 Å². The third kappa shape index (κ3) is 3.81. The normalized spacial score (nSPS) is 37.2.